The summed E-state index contributed by atoms with van der Waals surface area (Å²) in [5.74, 6) is 2.42. The molecule has 0 aromatic heterocycles. The fourth-order valence-corrected chi connectivity index (χ4v) is 12.0. The van der Waals surface area contributed by atoms with Gasteiger partial charge in [-0.05, 0) is 124 Å². The number of carbonyl (C=O) groups is 2. The Morgan fingerprint density at radius 3 is 2.35 bits per heavy atom. The summed E-state index contributed by atoms with van der Waals surface area (Å²) in [6.07, 6.45) is 9.26. The number of ether oxygens (including phenoxy) is 1. The molecule has 1 N–H and O–H groups in total. The van der Waals surface area contributed by atoms with Crippen LogP contribution in [0.4, 0.5) is 0 Å². The van der Waals surface area contributed by atoms with Crippen LogP contribution in [0.5, 0.6) is 0 Å². The summed E-state index contributed by atoms with van der Waals surface area (Å²) >= 11 is 0. The molecule has 4 nitrogen and oxygen atoms in total. The summed E-state index contributed by atoms with van der Waals surface area (Å²) < 4.78 is 6.15. The molecule has 5 aliphatic rings. The van der Waals surface area contributed by atoms with Crippen molar-refractivity contribution in [3.8, 4) is 0 Å². The van der Waals surface area contributed by atoms with Crippen LogP contribution < -0.4 is 5.32 Å². The lowest BCUT2D eigenvalue weighted by molar-refractivity contribution is -0.233. The Morgan fingerprint density at radius 1 is 0.925 bits per heavy atom. The quantitative estimate of drug-likeness (QED) is 0.309. The van der Waals surface area contributed by atoms with Crippen LogP contribution in [-0.4, -0.2) is 17.4 Å². The van der Waals surface area contributed by atoms with Crippen LogP contribution in [-0.2, 0) is 20.9 Å². The minimum atomic E-state index is -0.403. The number of fused-ring (bicyclic) bond motifs is 7. The van der Waals surface area contributed by atoms with Crippen LogP contribution in [0.3, 0.4) is 0 Å². The molecule has 4 aliphatic carbocycles. The van der Waals surface area contributed by atoms with Gasteiger partial charge in [-0.15, -0.1) is 0 Å². The van der Waals surface area contributed by atoms with E-state index in [1.165, 1.54) is 12.0 Å². The molecule has 1 aliphatic heterocycles. The van der Waals surface area contributed by atoms with E-state index in [4.69, 9.17) is 4.74 Å². The van der Waals surface area contributed by atoms with Gasteiger partial charge in [0.1, 0.15) is 6.61 Å². The number of hydrogen-bond donors (Lipinski definition) is 1. The summed E-state index contributed by atoms with van der Waals surface area (Å²) in [5, 5.41) is 3.34. The van der Waals surface area contributed by atoms with Crippen molar-refractivity contribution < 1.29 is 14.3 Å². The number of amides is 1. The molecule has 6 rings (SSSR count). The van der Waals surface area contributed by atoms with Gasteiger partial charge in [-0.2, -0.15) is 0 Å². The van der Waals surface area contributed by atoms with Gasteiger partial charge in [-0.25, -0.2) is 0 Å². The Morgan fingerprint density at radius 2 is 1.65 bits per heavy atom. The smallest absolute Gasteiger partial charge is 0.312 e. The SMILES string of the molecule is C=C(C)[C@@H]1CC[C@]2(C(=O)OCc3ccccc3)CC[C@]3(C)[C@H](CC[C@@H]4[C@@]5(C)CC(=O)NC(C)(C)[C@@H]5CC[C@]43C)[C@@H]12. The minimum Gasteiger partial charge on any atom is -0.460 e. The third-order valence-corrected chi connectivity index (χ3v) is 13.8. The second-order valence-electron chi connectivity index (χ2n) is 15.9. The van der Waals surface area contributed by atoms with Crippen LogP contribution in [0.1, 0.15) is 105 Å². The lowest BCUT2D eigenvalue weighted by Crippen LogP contribution is -2.70. The van der Waals surface area contributed by atoms with E-state index in [1.807, 2.05) is 30.3 Å². The van der Waals surface area contributed by atoms with E-state index < -0.39 is 5.41 Å². The van der Waals surface area contributed by atoms with E-state index in [9.17, 15) is 9.59 Å². The molecule has 0 bridgehead atoms. The van der Waals surface area contributed by atoms with E-state index in [-0.39, 0.29) is 33.7 Å². The normalized spacial score (nSPS) is 45.2. The summed E-state index contributed by atoms with van der Waals surface area (Å²) in [6, 6.07) is 10.1. The summed E-state index contributed by atoms with van der Waals surface area (Å²) in [4.78, 5) is 27.2. The molecule has 0 radical (unpaired) electrons. The van der Waals surface area contributed by atoms with E-state index >= 15 is 0 Å². The average Bonchev–Trinajstić information content (AvgIpc) is 3.28. The Hall–Kier alpha value is -2.10. The first-order valence-electron chi connectivity index (χ1n) is 16.0. The third kappa shape index (κ3) is 3.76. The largest absolute Gasteiger partial charge is 0.460 e. The summed E-state index contributed by atoms with van der Waals surface area (Å²) in [6.45, 7) is 19.1. The van der Waals surface area contributed by atoms with Crippen molar-refractivity contribution in [2.24, 2.45) is 51.2 Å². The average molecular weight is 546 g/mol. The van der Waals surface area contributed by atoms with Gasteiger partial charge in [0.2, 0.25) is 5.91 Å². The van der Waals surface area contributed by atoms with Crippen LogP contribution >= 0.6 is 0 Å². The second kappa shape index (κ2) is 9.20. The van der Waals surface area contributed by atoms with Gasteiger partial charge < -0.3 is 10.1 Å². The number of esters is 1. The van der Waals surface area contributed by atoms with Gasteiger partial charge in [-0.3, -0.25) is 9.59 Å². The molecule has 4 saturated carbocycles. The van der Waals surface area contributed by atoms with Gasteiger partial charge in [0.05, 0.1) is 5.41 Å². The first-order valence-corrected chi connectivity index (χ1v) is 16.0. The van der Waals surface area contributed by atoms with Gasteiger partial charge in [0.25, 0.3) is 0 Å². The third-order valence-electron chi connectivity index (χ3n) is 13.8. The maximum Gasteiger partial charge on any atom is 0.312 e. The predicted octanol–water partition coefficient (Wildman–Crippen LogP) is 7.87. The highest BCUT2D eigenvalue weighted by molar-refractivity contribution is 5.79. The highest BCUT2D eigenvalue weighted by Crippen LogP contribution is 2.76. The van der Waals surface area contributed by atoms with Crippen LogP contribution in [0, 0.1) is 51.2 Å². The van der Waals surface area contributed by atoms with Crippen LogP contribution in [0.2, 0.25) is 0 Å². The van der Waals surface area contributed by atoms with Crippen molar-refractivity contribution in [1.29, 1.82) is 0 Å². The first kappa shape index (κ1) is 28.0. The monoisotopic (exact) mass is 545 g/mol. The van der Waals surface area contributed by atoms with E-state index in [2.05, 4.69) is 53.4 Å². The van der Waals surface area contributed by atoms with Gasteiger partial charge >= 0.3 is 5.97 Å². The molecule has 4 heteroatoms. The molecule has 1 heterocycles. The molecule has 40 heavy (non-hydrogen) atoms. The van der Waals surface area contributed by atoms with Crippen molar-refractivity contribution in [2.75, 3.05) is 0 Å². The number of rotatable bonds is 4. The molecule has 0 spiro atoms. The zero-order valence-corrected chi connectivity index (χ0v) is 25.8. The Bertz CT molecular complexity index is 1210. The van der Waals surface area contributed by atoms with Crippen molar-refractivity contribution in [3.05, 3.63) is 48.0 Å². The fourth-order valence-electron chi connectivity index (χ4n) is 12.0. The van der Waals surface area contributed by atoms with E-state index in [0.717, 1.165) is 50.5 Å². The highest BCUT2D eigenvalue weighted by atomic mass is 16.5. The first-order chi connectivity index (χ1) is 18.8. The number of benzene rings is 1. The maximum absolute atomic E-state index is 14.1. The summed E-state index contributed by atoms with van der Waals surface area (Å²) in [5.41, 5.74) is 2.02. The number of carbonyl (C=O) groups excluding carboxylic acids is 2. The highest BCUT2D eigenvalue weighted by Gasteiger charge is 2.72. The minimum absolute atomic E-state index is 0.0133. The Kier molecular flexibility index (Phi) is 6.45. The molecule has 218 valence electrons. The standard InChI is InChI=1S/C36H51NO3/c1-23(2)25-15-18-36(31(39)40-22-24-11-9-8-10-12-24)20-19-34(6)26(30(25)36)13-14-28-33(5)21-29(38)37-32(3,4)27(33)16-17-35(28,34)7/h8-12,25-28,30H,1,13-22H2,2-7H3,(H,37,38)/t25-,26+,27-,28+,30+,33-,34+,35+,36-/m0/s1. The Labute approximate surface area is 242 Å². The second-order valence-corrected chi connectivity index (χ2v) is 15.9. The molecule has 1 aromatic carbocycles. The predicted molar refractivity (Wildman–Crippen MR) is 159 cm³/mol. The van der Waals surface area contributed by atoms with E-state index in [1.54, 1.807) is 0 Å². The van der Waals surface area contributed by atoms with Gasteiger partial charge in [0, 0.05) is 12.0 Å². The maximum atomic E-state index is 14.1. The summed E-state index contributed by atoms with van der Waals surface area (Å²) in [7, 11) is 0. The van der Waals surface area contributed by atoms with Crippen molar-refractivity contribution in [1.82, 2.24) is 5.32 Å². The molecule has 0 unspecified atom stereocenters. The van der Waals surface area contributed by atoms with Gasteiger partial charge in [-0.1, -0.05) is 63.3 Å². The Balaban J connectivity index is 1.35. The molecule has 1 aromatic rings. The molecule has 5 fully saturated rings. The topological polar surface area (TPSA) is 55.4 Å². The molecule has 1 amide bonds. The fraction of sp³-hybridized carbons (Fsp3) is 0.722. The number of nitrogens with one attached hydrogen (secondary N) is 1. The van der Waals surface area contributed by atoms with Crippen LogP contribution in [0.25, 0.3) is 0 Å². The molecular weight excluding hydrogens is 494 g/mol. The molecule has 1 saturated heterocycles. The van der Waals surface area contributed by atoms with Crippen molar-refractivity contribution >= 4 is 11.9 Å². The van der Waals surface area contributed by atoms with Crippen molar-refractivity contribution in [2.45, 2.75) is 111 Å². The number of piperidine rings is 1. The lowest BCUT2D eigenvalue weighted by Gasteiger charge is -2.72. The number of allylic oxidation sites excluding steroid dienone is 1. The molecular formula is C36H51NO3. The lowest BCUT2D eigenvalue weighted by atomic mass is 9.33. The molecule has 9 atom stereocenters. The van der Waals surface area contributed by atoms with E-state index in [0.29, 0.717) is 42.6 Å². The number of hydrogen-bond acceptors (Lipinski definition) is 3. The van der Waals surface area contributed by atoms with Gasteiger partial charge in [0.15, 0.2) is 0 Å². The van der Waals surface area contributed by atoms with Crippen molar-refractivity contribution in [3.63, 3.8) is 0 Å². The van der Waals surface area contributed by atoms with Crippen LogP contribution in [0.15, 0.2) is 42.5 Å². The zero-order chi connectivity index (χ0) is 28.7. The zero-order valence-electron chi connectivity index (χ0n) is 25.8.